The standard InChI is InChI=1S/C12H23N.C11H13NO4/c1-3-7-11(8-4-1)13-12-9-5-2-6-10-12;1-15-11(14)16-10(13)9(12)7-8-5-3-2-4-6-8/h11-13H,1-10H2;2-6,9H,7,12H2,1H3/t;9-/m.1/s1. The Hall–Kier alpha value is -1.92. The van der Waals surface area contributed by atoms with Gasteiger partial charge < -0.3 is 20.5 Å². The van der Waals surface area contributed by atoms with Crippen molar-refractivity contribution in [1.29, 1.82) is 0 Å². The maximum absolute atomic E-state index is 11.3. The molecule has 3 N–H and O–H groups in total. The predicted octanol–water partition coefficient (Wildman–Crippen LogP) is 4.11. The van der Waals surface area contributed by atoms with Crippen LogP contribution in [0.15, 0.2) is 30.3 Å². The van der Waals surface area contributed by atoms with Gasteiger partial charge in [0.1, 0.15) is 6.04 Å². The molecule has 0 aliphatic heterocycles. The van der Waals surface area contributed by atoms with Crippen LogP contribution < -0.4 is 11.1 Å². The minimum Gasteiger partial charge on any atom is -0.437 e. The molecule has 0 bridgehead atoms. The first-order valence-electron chi connectivity index (χ1n) is 10.9. The molecule has 0 saturated heterocycles. The summed E-state index contributed by atoms with van der Waals surface area (Å²) in [6.07, 6.45) is 13.8. The second-order valence-corrected chi connectivity index (χ2v) is 8.01. The molecule has 2 saturated carbocycles. The fourth-order valence-electron chi connectivity index (χ4n) is 4.02. The van der Waals surface area contributed by atoms with Gasteiger partial charge in [-0.2, -0.15) is 0 Å². The highest BCUT2D eigenvalue weighted by Gasteiger charge is 2.20. The summed E-state index contributed by atoms with van der Waals surface area (Å²) in [7, 11) is 1.12. The lowest BCUT2D eigenvalue weighted by Gasteiger charge is -2.30. The first-order valence-corrected chi connectivity index (χ1v) is 10.9. The monoisotopic (exact) mass is 404 g/mol. The Kier molecular flexibility index (Phi) is 10.7. The number of methoxy groups -OCH3 is 1. The lowest BCUT2D eigenvalue weighted by Crippen LogP contribution is -2.40. The highest BCUT2D eigenvalue weighted by Crippen LogP contribution is 2.22. The highest BCUT2D eigenvalue weighted by molar-refractivity contribution is 5.85. The zero-order chi connectivity index (χ0) is 20.9. The van der Waals surface area contributed by atoms with Gasteiger partial charge in [-0.3, -0.25) is 0 Å². The second-order valence-electron chi connectivity index (χ2n) is 8.01. The number of nitrogens with two attached hydrogens (primary N) is 1. The normalized spacial score (nSPS) is 18.8. The largest absolute Gasteiger partial charge is 0.515 e. The number of hydrogen-bond acceptors (Lipinski definition) is 6. The first kappa shape index (κ1) is 23.4. The minimum absolute atomic E-state index is 0.316. The molecule has 162 valence electrons. The molecule has 3 rings (SSSR count). The van der Waals surface area contributed by atoms with Gasteiger partial charge in [0.05, 0.1) is 7.11 Å². The summed E-state index contributed by atoms with van der Waals surface area (Å²) < 4.78 is 8.49. The fourth-order valence-corrected chi connectivity index (χ4v) is 4.02. The Bertz CT molecular complexity index is 580. The van der Waals surface area contributed by atoms with Gasteiger partial charge in [0.25, 0.3) is 0 Å². The molecular formula is C23H36N2O4. The fraction of sp³-hybridized carbons (Fsp3) is 0.652. The Balaban J connectivity index is 0.000000211. The van der Waals surface area contributed by atoms with E-state index in [2.05, 4.69) is 14.8 Å². The van der Waals surface area contributed by atoms with Crippen LogP contribution in [0.4, 0.5) is 4.79 Å². The molecular weight excluding hydrogens is 368 g/mol. The molecule has 1 atom stereocenters. The van der Waals surface area contributed by atoms with E-state index in [0.717, 1.165) is 24.8 Å². The Labute approximate surface area is 174 Å². The van der Waals surface area contributed by atoms with E-state index in [1.807, 2.05) is 30.3 Å². The SMILES string of the molecule is C1CCC(NC2CCCCC2)CC1.COC(=O)OC(=O)[C@H](N)Cc1ccccc1. The molecule has 1 aromatic rings. The molecule has 6 nitrogen and oxygen atoms in total. The number of esters is 1. The number of carbonyl (C=O) groups is 2. The van der Waals surface area contributed by atoms with E-state index in [9.17, 15) is 9.59 Å². The molecule has 0 unspecified atom stereocenters. The topological polar surface area (TPSA) is 90.6 Å². The van der Waals surface area contributed by atoms with Crippen molar-refractivity contribution in [3.05, 3.63) is 35.9 Å². The van der Waals surface area contributed by atoms with Gasteiger partial charge in [-0.1, -0.05) is 68.9 Å². The van der Waals surface area contributed by atoms with Gasteiger partial charge >= 0.3 is 12.1 Å². The smallest absolute Gasteiger partial charge is 0.437 e. The molecule has 0 heterocycles. The van der Waals surface area contributed by atoms with Crippen molar-refractivity contribution in [2.24, 2.45) is 5.73 Å². The maximum atomic E-state index is 11.3. The first-order chi connectivity index (χ1) is 14.1. The summed E-state index contributed by atoms with van der Waals surface area (Å²) in [6.45, 7) is 0. The molecule has 0 radical (unpaired) electrons. The molecule has 2 fully saturated rings. The molecule has 29 heavy (non-hydrogen) atoms. The Morgan fingerprint density at radius 3 is 1.97 bits per heavy atom. The third kappa shape index (κ3) is 9.41. The third-order valence-corrected chi connectivity index (χ3v) is 5.63. The van der Waals surface area contributed by atoms with E-state index in [0.29, 0.717) is 6.42 Å². The third-order valence-electron chi connectivity index (χ3n) is 5.63. The van der Waals surface area contributed by atoms with E-state index < -0.39 is 18.2 Å². The van der Waals surface area contributed by atoms with E-state index in [4.69, 9.17) is 5.73 Å². The van der Waals surface area contributed by atoms with Gasteiger partial charge in [-0.15, -0.1) is 0 Å². The molecule has 6 heteroatoms. The zero-order valence-electron chi connectivity index (χ0n) is 17.6. The number of nitrogens with one attached hydrogen (secondary N) is 1. The number of ether oxygens (including phenoxy) is 2. The molecule has 2 aliphatic carbocycles. The zero-order valence-corrected chi connectivity index (χ0v) is 17.6. The lowest BCUT2D eigenvalue weighted by atomic mass is 9.91. The van der Waals surface area contributed by atoms with Crippen LogP contribution in [0.25, 0.3) is 0 Å². The van der Waals surface area contributed by atoms with Gasteiger partial charge in [0.15, 0.2) is 0 Å². The lowest BCUT2D eigenvalue weighted by molar-refractivity contribution is -0.140. The van der Waals surface area contributed by atoms with Crippen molar-refractivity contribution in [3.8, 4) is 0 Å². The van der Waals surface area contributed by atoms with E-state index in [1.54, 1.807) is 0 Å². The molecule has 2 aliphatic rings. The summed E-state index contributed by atoms with van der Waals surface area (Å²) in [5, 5.41) is 3.86. The van der Waals surface area contributed by atoms with E-state index in [1.165, 1.54) is 64.2 Å². The van der Waals surface area contributed by atoms with Crippen LogP contribution >= 0.6 is 0 Å². The minimum atomic E-state index is -1.05. The van der Waals surface area contributed by atoms with Gasteiger partial charge in [-0.05, 0) is 37.7 Å². The molecule has 1 aromatic carbocycles. The molecule has 0 amide bonds. The molecule has 0 aromatic heterocycles. The van der Waals surface area contributed by atoms with E-state index in [-0.39, 0.29) is 0 Å². The summed E-state index contributed by atoms with van der Waals surface area (Å²) in [4.78, 5) is 21.9. The van der Waals surface area contributed by atoms with Crippen LogP contribution in [0.1, 0.15) is 69.8 Å². The number of rotatable bonds is 5. The predicted molar refractivity (Wildman–Crippen MR) is 114 cm³/mol. The van der Waals surface area contributed by atoms with Crippen LogP contribution in [0, 0.1) is 0 Å². The van der Waals surface area contributed by atoms with Gasteiger partial charge in [0.2, 0.25) is 0 Å². The quantitative estimate of drug-likeness (QED) is 0.567. The van der Waals surface area contributed by atoms with Crippen molar-refractivity contribution < 1.29 is 19.1 Å². The van der Waals surface area contributed by atoms with Gasteiger partial charge in [-0.25, -0.2) is 9.59 Å². The summed E-state index contributed by atoms with van der Waals surface area (Å²) in [5.41, 5.74) is 6.47. The maximum Gasteiger partial charge on any atom is 0.515 e. The van der Waals surface area contributed by atoms with Crippen LogP contribution in [0.2, 0.25) is 0 Å². The number of carbonyl (C=O) groups excluding carboxylic acids is 2. The summed E-state index contributed by atoms with van der Waals surface area (Å²) in [6, 6.07) is 10.1. The second kappa shape index (κ2) is 13.3. The summed E-state index contributed by atoms with van der Waals surface area (Å²) >= 11 is 0. The van der Waals surface area contributed by atoms with Crippen molar-refractivity contribution >= 4 is 12.1 Å². The van der Waals surface area contributed by atoms with Crippen molar-refractivity contribution in [1.82, 2.24) is 5.32 Å². The average molecular weight is 405 g/mol. The highest BCUT2D eigenvalue weighted by atomic mass is 16.7. The van der Waals surface area contributed by atoms with Crippen molar-refractivity contribution in [2.45, 2.75) is 88.8 Å². The summed E-state index contributed by atoms with van der Waals surface area (Å²) in [5.74, 6) is -0.796. The van der Waals surface area contributed by atoms with Crippen LogP contribution in [-0.4, -0.2) is 37.4 Å². The van der Waals surface area contributed by atoms with Crippen LogP contribution in [-0.2, 0) is 20.7 Å². The van der Waals surface area contributed by atoms with E-state index >= 15 is 0 Å². The Morgan fingerprint density at radius 2 is 1.48 bits per heavy atom. The van der Waals surface area contributed by atoms with Crippen molar-refractivity contribution in [2.75, 3.05) is 7.11 Å². The van der Waals surface area contributed by atoms with Crippen molar-refractivity contribution in [3.63, 3.8) is 0 Å². The number of benzene rings is 1. The molecule has 0 spiro atoms. The van der Waals surface area contributed by atoms with Crippen LogP contribution in [0.5, 0.6) is 0 Å². The Morgan fingerprint density at radius 1 is 0.966 bits per heavy atom. The number of hydrogen-bond donors (Lipinski definition) is 2. The van der Waals surface area contributed by atoms with Crippen LogP contribution in [0.3, 0.4) is 0 Å². The van der Waals surface area contributed by atoms with Gasteiger partial charge in [0, 0.05) is 12.1 Å². The average Bonchev–Trinajstić information content (AvgIpc) is 2.76.